The van der Waals surface area contributed by atoms with Crippen molar-refractivity contribution in [2.45, 2.75) is 43.2 Å². The molecule has 3 heteroatoms. The van der Waals surface area contributed by atoms with Gasteiger partial charge in [0.25, 0.3) is 0 Å². The second-order valence-electron chi connectivity index (χ2n) is 5.22. The summed E-state index contributed by atoms with van der Waals surface area (Å²) in [7, 11) is 0. The van der Waals surface area contributed by atoms with Crippen molar-refractivity contribution in [3.8, 4) is 0 Å². The molecule has 0 radical (unpaired) electrons. The van der Waals surface area contributed by atoms with Crippen molar-refractivity contribution < 1.29 is 9.84 Å². The van der Waals surface area contributed by atoms with Crippen LogP contribution in [0.3, 0.4) is 0 Å². The van der Waals surface area contributed by atoms with Crippen molar-refractivity contribution in [3.63, 3.8) is 0 Å². The highest BCUT2D eigenvalue weighted by Crippen LogP contribution is 2.53. The molecule has 1 heterocycles. The Bertz CT molecular complexity index is 227. The fraction of sp³-hybridized carbons (Fsp3) is 1.00. The van der Waals surface area contributed by atoms with E-state index in [1.165, 1.54) is 12.8 Å². The molecule has 3 fully saturated rings. The van der Waals surface area contributed by atoms with Crippen LogP contribution in [0.25, 0.3) is 0 Å². The Morgan fingerprint density at radius 1 is 1.00 bits per heavy atom. The summed E-state index contributed by atoms with van der Waals surface area (Å²) in [6.45, 7) is 3.88. The van der Waals surface area contributed by atoms with Gasteiger partial charge in [-0.1, -0.05) is 0 Å². The molecule has 2 bridgehead atoms. The van der Waals surface area contributed by atoms with E-state index in [4.69, 9.17) is 4.74 Å². The lowest BCUT2D eigenvalue weighted by Gasteiger charge is -2.41. The molecular weight excluding hydrogens is 178 g/mol. The van der Waals surface area contributed by atoms with Gasteiger partial charge in [-0.3, -0.25) is 4.90 Å². The molecule has 2 aliphatic carbocycles. The van der Waals surface area contributed by atoms with Crippen molar-refractivity contribution >= 4 is 0 Å². The minimum Gasteiger partial charge on any atom is -0.390 e. The number of ether oxygens (including phenoxy) is 1. The van der Waals surface area contributed by atoms with Gasteiger partial charge in [-0.25, -0.2) is 0 Å². The first-order valence-corrected chi connectivity index (χ1v) is 5.78. The van der Waals surface area contributed by atoms with Gasteiger partial charge in [0.1, 0.15) is 0 Å². The Balaban J connectivity index is 1.77. The number of rotatable bonds is 1. The third-order valence-corrected chi connectivity index (χ3v) is 4.45. The minimum atomic E-state index is -0.307. The highest BCUT2D eigenvalue weighted by molar-refractivity contribution is 5.11. The molecule has 0 aromatic rings. The van der Waals surface area contributed by atoms with Crippen LogP contribution < -0.4 is 0 Å². The van der Waals surface area contributed by atoms with Gasteiger partial charge in [-0.2, -0.15) is 0 Å². The molecule has 0 amide bonds. The zero-order valence-corrected chi connectivity index (χ0v) is 8.67. The van der Waals surface area contributed by atoms with E-state index in [9.17, 15) is 5.11 Å². The maximum atomic E-state index is 10.2. The topological polar surface area (TPSA) is 32.7 Å². The fourth-order valence-corrected chi connectivity index (χ4v) is 3.61. The van der Waals surface area contributed by atoms with Gasteiger partial charge in [-0.05, 0) is 32.1 Å². The van der Waals surface area contributed by atoms with E-state index in [1.54, 1.807) is 0 Å². The molecule has 0 aromatic heterocycles. The van der Waals surface area contributed by atoms with E-state index in [-0.39, 0.29) is 5.60 Å². The summed E-state index contributed by atoms with van der Waals surface area (Å²) in [6, 6.07) is 0. The first kappa shape index (κ1) is 9.13. The Hall–Kier alpha value is -0.120. The van der Waals surface area contributed by atoms with Gasteiger partial charge in [0.15, 0.2) is 0 Å². The standard InChI is InChI=1S/C11H19NO2/c13-11-3-1-10(9-11,2-4-11)12-5-7-14-8-6-12/h13H,1-9H2. The monoisotopic (exact) mass is 197 g/mol. The molecule has 80 valence electrons. The van der Waals surface area contributed by atoms with Crippen LogP contribution in [0.5, 0.6) is 0 Å². The summed E-state index contributed by atoms with van der Waals surface area (Å²) in [5.41, 5.74) is 0.0385. The average Bonchev–Trinajstić information content (AvgIpc) is 2.74. The predicted molar refractivity (Wildman–Crippen MR) is 53.2 cm³/mol. The summed E-state index contributed by atoms with van der Waals surface area (Å²) in [6.07, 6.45) is 5.45. The maximum Gasteiger partial charge on any atom is 0.0666 e. The van der Waals surface area contributed by atoms with Crippen molar-refractivity contribution in [3.05, 3.63) is 0 Å². The Morgan fingerprint density at radius 2 is 1.64 bits per heavy atom. The summed E-state index contributed by atoms with van der Waals surface area (Å²) >= 11 is 0. The van der Waals surface area contributed by atoms with Crippen LogP contribution in [0, 0.1) is 0 Å². The van der Waals surface area contributed by atoms with Gasteiger partial charge in [0, 0.05) is 18.6 Å². The zero-order valence-electron chi connectivity index (χ0n) is 8.67. The average molecular weight is 197 g/mol. The summed E-state index contributed by atoms with van der Waals surface area (Å²) in [5, 5.41) is 10.2. The van der Waals surface area contributed by atoms with E-state index >= 15 is 0 Å². The molecule has 1 N–H and O–H groups in total. The van der Waals surface area contributed by atoms with Crippen LogP contribution in [0.15, 0.2) is 0 Å². The number of fused-ring (bicyclic) bond motifs is 2. The molecular formula is C11H19NO2. The Morgan fingerprint density at radius 3 is 2.14 bits per heavy atom. The molecule has 14 heavy (non-hydrogen) atoms. The van der Waals surface area contributed by atoms with Crippen molar-refractivity contribution in [2.24, 2.45) is 0 Å². The second-order valence-corrected chi connectivity index (χ2v) is 5.22. The predicted octanol–water partition coefficient (Wildman–Crippen LogP) is 0.766. The van der Waals surface area contributed by atoms with Gasteiger partial charge in [0.05, 0.1) is 18.8 Å². The molecule has 1 saturated heterocycles. The lowest BCUT2D eigenvalue weighted by Crippen LogP contribution is -2.51. The SMILES string of the molecule is OC12CCC(N3CCOCC3)(CC1)C2. The molecule has 0 aromatic carbocycles. The third-order valence-electron chi connectivity index (χ3n) is 4.45. The van der Waals surface area contributed by atoms with E-state index in [2.05, 4.69) is 4.90 Å². The molecule has 1 aliphatic heterocycles. The number of aliphatic hydroxyl groups is 1. The molecule has 0 spiro atoms. The highest BCUT2D eigenvalue weighted by atomic mass is 16.5. The lowest BCUT2D eigenvalue weighted by atomic mass is 9.91. The minimum absolute atomic E-state index is 0.307. The normalized spacial score (nSPS) is 48.6. The summed E-state index contributed by atoms with van der Waals surface area (Å²) in [5.74, 6) is 0. The van der Waals surface area contributed by atoms with Gasteiger partial charge >= 0.3 is 0 Å². The maximum absolute atomic E-state index is 10.2. The van der Waals surface area contributed by atoms with E-state index < -0.39 is 0 Å². The third kappa shape index (κ3) is 1.23. The quantitative estimate of drug-likeness (QED) is 0.674. The second kappa shape index (κ2) is 2.94. The number of hydrogen-bond donors (Lipinski definition) is 1. The first-order valence-electron chi connectivity index (χ1n) is 5.78. The molecule has 3 rings (SSSR count). The van der Waals surface area contributed by atoms with Crippen LogP contribution in [0.4, 0.5) is 0 Å². The van der Waals surface area contributed by atoms with Crippen molar-refractivity contribution in [1.29, 1.82) is 0 Å². The largest absolute Gasteiger partial charge is 0.390 e. The molecule has 0 atom stereocenters. The highest BCUT2D eigenvalue weighted by Gasteiger charge is 2.55. The molecule has 0 unspecified atom stereocenters. The van der Waals surface area contributed by atoms with Crippen LogP contribution in [-0.2, 0) is 4.74 Å². The van der Waals surface area contributed by atoms with Crippen LogP contribution >= 0.6 is 0 Å². The fourth-order valence-electron chi connectivity index (χ4n) is 3.61. The van der Waals surface area contributed by atoms with Crippen LogP contribution in [-0.4, -0.2) is 47.4 Å². The van der Waals surface area contributed by atoms with E-state index in [0.717, 1.165) is 45.6 Å². The van der Waals surface area contributed by atoms with Crippen LogP contribution in [0.2, 0.25) is 0 Å². The van der Waals surface area contributed by atoms with Crippen molar-refractivity contribution in [2.75, 3.05) is 26.3 Å². The molecule has 2 saturated carbocycles. The zero-order chi connectivity index (χ0) is 9.65. The van der Waals surface area contributed by atoms with Crippen LogP contribution in [0.1, 0.15) is 32.1 Å². The van der Waals surface area contributed by atoms with Gasteiger partial charge in [-0.15, -0.1) is 0 Å². The van der Waals surface area contributed by atoms with Gasteiger partial charge in [0.2, 0.25) is 0 Å². The summed E-state index contributed by atoms with van der Waals surface area (Å²) < 4.78 is 5.38. The van der Waals surface area contributed by atoms with Crippen molar-refractivity contribution in [1.82, 2.24) is 4.90 Å². The smallest absolute Gasteiger partial charge is 0.0666 e. The van der Waals surface area contributed by atoms with E-state index in [0.29, 0.717) is 5.54 Å². The Kier molecular flexibility index (Phi) is 1.92. The van der Waals surface area contributed by atoms with E-state index in [1.807, 2.05) is 0 Å². The number of morpholine rings is 1. The number of nitrogens with zero attached hydrogens (tertiary/aromatic N) is 1. The molecule has 3 nitrogen and oxygen atoms in total. The summed E-state index contributed by atoms with van der Waals surface area (Å²) in [4.78, 5) is 2.57. The molecule has 3 aliphatic rings. The Labute approximate surface area is 85.0 Å². The number of hydrogen-bond acceptors (Lipinski definition) is 3. The first-order chi connectivity index (χ1) is 6.73. The van der Waals surface area contributed by atoms with Gasteiger partial charge < -0.3 is 9.84 Å². The lowest BCUT2D eigenvalue weighted by molar-refractivity contribution is -0.0194.